The molecule has 0 saturated carbocycles. The smallest absolute Gasteiger partial charge is 0.242 e. The van der Waals surface area contributed by atoms with Crippen LogP contribution in [0.5, 0.6) is 5.75 Å². The minimum Gasteiger partial charge on any atom is -0.508 e. The summed E-state index contributed by atoms with van der Waals surface area (Å²) in [6, 6.07) is 9.64. The van der Waals surface area contributed by atoms with E-state index in [0.29, 0.717) is 15.6 Å². The Morgan fingerprint density at radius 2 is 1.79 bits per heavy atom. The quantitative estimate of drug-likeness (QED) is 0.609. The van der Waals surface area contributed by atoms with E-state index in [0.717, 1.165) is 11.1 Å². The molecule has 28 heavy (non-hydrogen) atoms. The molecule has 4 unspecified atom stereocenters. The van der Waals surface area contributed by atoms with Crippen molar-refractivity contribution in [1.82, 2.24) is 15.8 Å². The maximum atomic E-state index is 13.0. The molecule has 2 fully saturated rings. The number of likely N-dealkylation sites (tertiary alicyclic amines) is 1. The number of amides is 1. The third-order valence-electron chi connectivity index (χ3n) is 5.61. The SMILES string of the molecule is Cc1cc(O)c(C2NNC3C(=O)N(CCO)C(c4ccc(Cl)cc4)C32)cc1Cl. The molecule has 0 radical (unpaired) electrons. The van der Waals surface area contributed by atoms with Gasteiger partial charge in [0.15, 0.2) is 0 Å². The Balaban J connectivity index is 1.79. The lowest BCUT2D eigenvalue weighted by atomic mass is 9.83. The molecule has 1 amide bonds. The summed E-state index contributed by atoms with van der Waals surface area (Å²) >= 11 is 12.3. The number of aromatic hydroxyl groups is 1. The van der Waals surface area contributed by atoms with Gasteiger partial charge < -0.3 is 15.1 Å². The lowest BCUT2D eigenvalue weighted by Gasteiger charge is -2.31. The van der Waals surface area contributed by atoms with Crippen molar-refractivity contribution in [2.45, 2.75) is 25.0 Å². The van der Waals surface area contributed by atoms with Crippen LogP contribution >= 0.6 is 23.2 Å². The highest BCUT2D eigenvalue weighted by molar-refractivity contribution is 6.31. The van der Waals surface area contributed by atoms with Gasteiger partial charge in [-0.25, -0.2) is 10.9 Å². The van der Waals surface area contributed by atoms with Crippen molar-refractivity contribution in [2.75, 3.05) is 13.2 Å². The average Bonchev–Trinajstić information content (AvgIpc) is 3.20. The zero-order valence-electron chi connectivity index (χ0n) is 15.2. The summed E-state index contributed by atoms with van der Waals surface area (Å²) in [4.78, 5) is 14.7. The van der Waals surface area contributed by atoms with E-state index < -0.39 is 6.04 Å². The van der Waals surface area contributed by atoms with E-state index in [1.54, 1.807) is 29.2 Å². The number of β-amino-alcohol motifs (C(OH)–C–C–N with tert-alkyl or cyclic N) is 1. The molecule has 4 N–H and O–H groups in total. The van der Waals surface area contributed by atoms with Crippen LogP contribution in [0.25, 0.3) is 0 Å². The molecular formula is C20H21Cl2N3O3. The maximum absolute atomic E-state index is 13.0. The Bertz CT molecular complexity index is 906. The molecule has 4 rings (SSSR count). The van der Waals surface area contributed by atoms with Crippen LogP contribution in [0.1, 0.15) is 28.8 Å². The second kappa shape index (κ2) is 7.54. The topological polar surface area (TPSA) is 84.8 Å². The molecule has 2 aromatic rings. The van der Waals surface area contributed by atoms with Gasteiger partial charge in [-0.3, -0.25) is 4.79 Å². The van der Waals surface area contributed by atoms with E-state index in [9.17, 15) is 15.0 Å². The second-order valence-electron chi connectivity index (χ2n) is 7.23. The van der Waals surface area contributed by atoms with Gasteiger partial charge in [-0.15, -0.1) is 0 Å². The van der Waals surface area contributed by atoms with Crippen LogP contribution in [0.2, 0.25) is 10.0 Å². The summed E-state index contributed by atoms with van der Waals surface area (Å²) in [6.07, 6.45) is 0. The fourth-order valence-corrected chi connectivity index (χ4v) is 4.61. The van der Waals surface area contributed by atoms with E-state index in [1.165, 1.54) is 0 Å². The highest BCUT2D eigenvalue weighted by atomic mass is 35.5. The van der Waals surface area contributed by atoms with Gasteiger partial charge in [-0.2, -0.15) is 0 Å². The number of benzene rings is 2. The molecule has 0 spiro atoms. The van der Waals surface area contributed by atoms with Crippen LogP contribution in [0, 0.1) is 12.8 Å². The largest absolute Gasteiger partial charge is 0.508 e. The van der Waals surface area contributed by atoms with Crippen molar-refractivity contribution in [3.8, 4) is 5.75 Å². The number of carbonyl (C=O) groups is 1. The lowest BCUT2D eigenvalue weighted by Crippen LogP contribution is -2.42. The molecule has 2 aliphatic rings. The summed E-state index contributed by atoms with van der Waals surface area (Å²) in [6.45, 7) is 1.93. The second-order valence-corrected chi connectivity index (χ2v) is 8.08. The number of carbonyl (C=O) groups excluding carboxylic acids is 1. The summed E-state index contributed by atoms with van der Waals surface area (Å²) < 4.78 is 0. The molecule has 0 aliphatic carbocycles. The molecule has 6 nitrogen and oxygen atoms in total. The number of nitrogens with zero attached hydrogens (tertiary/aromatic N) is 1. The molecule has 2 aliphatic heterocycles. The van der Waals surface area contributed by atoms with Crippen molar-refractivity contribution in [3.63, 3.8) is 0 Å². The number of nitrogens with one attached hydrogen (secondary N) is 2. The fraction of sp³-hybridized carbons (Fsp3) is 0.350. The van der Waals surface area contributed by atoms with Gasteiger partial charge in [0.2, 0.25) is 5.91 Å². The van der Waals surface area contributed by atoms with Crippen molar-refractivity contribution in [1.29, 1.82) is 0 Å². The van der Waals surface area contributed by atoms with Gasteiger partial charge >= 0.3 is 0 Å². The van der Waals surface area contributed by atoms with E-state index in [4.69, 9.17) is 23.2 Å². The summed E-state index contributed by atoms with van der Waals surface area (Å²) in [5, 5.41) is 21.2. The Morgan fingerprint density at radius 1 is 1.11 bits per heavy atom. The zero-order chi connectivity index (χ0) is 20.0. The number of fused-ring (bicyclic) bond motifs is 1. The molecular weight excluding hydrogens is 401 g/mol. The van der Waals surface area contributed by atoms with Crippen molar-refractivity contribution >= 4 is 29.1 Å². The Labute approximate surface area is 173 Å². The minimum absolute atomic E-state index is 0.0910. The Morgan fingerprint density at radius 3 is 2.46 bits per heavy atom. The molecule has 2 aromatic carbocycles. The summed E-state index contributed by atoms with van der Waals surface area (Å²) in [5.41, 5.74) is 8.57. The van der Waals surface area contributed by atoms with Gasteiger partial charge in [0.1, 0.15) is 11.8 Å². The van der Waals surface area contributed by atoms with Crippen LogP contribution in [0.4, 0.5) is 0 Å². The van der Waals surface area contributed by atoms with Crippen LogP contribution < -0.4 is 10.9 Å². The monoisotopic (exact) mass is 421 g/mol. The van der Waals surface area contributed by atoms with Crippen LogP contribution in [-0.2, 0) is 4.79 Å². The van der Waals surface area contributed by atoms with Crippen molar-refractivity contribution in [2.24, 2.45) is 5.92 Å². The first kappa shape index (κ1) is 19.5. The number of aryl methyl sites for hydroxylation is 1. The van der Waals surface area contributed by atoms with Gasteiger partial charge in [-0.05, 0) is 42.3 Å². The minimum atomic E-state index is -0.475. The normalized spacial score (nSPS) is 26.7. The zero-order valence-corrected chi connectivity index (χ0v) is 16.7. The van der Waals surface area contributed by atoms with E-state index in [-0.39, 0.29) is 42.8 Å². The fourth-order valence-electron chi connectivity index (χ4n) is 4.31. The lowest BCUT2D eigenvalue weighted by molar-refractivity contribution is -0.131. The third-order valence-corrected chi connectivity index (χ3v) is 6.27. The number of hydrazine groups is 1. The van der Waals surface area contributed by atoms with Gasteiger partial charge in [0.05, 0.1) is 18.7 Å². The molecule has 2 saturated heterocycles. The highest BCUT2D eigenvalue weighted by Gasteiger charge is 2.55. The molecule has 8 heteroatoms. The molecule has 148 valence electrons. The van der Waals surface area contributed by atoms with Gasteiger partial charge in [-0.1, -0.05) is 35.3 Å². The number of aliphatic hydroxyl groups is 1. The number of phenols is 1. The summed E-state index contributed by atoms with van der Waals surface area (Å²) in [5.74, 6) is -0.165. The third kappa shape index (κ3) is 3.15. The molecule has 2 heterocycles. The van der Waals surface area contributed by atoms with E-state index in [2.05, 4.69) is 10.9 Å². The average molecular weight is 422 g/mol. The standard InChI is InChI=1S/C20H21Cl2N3O3/c1-10-8-15(27)13(9-14(10)22)17-16-18(24-23-17)20(28)25(6-7-26)19(16)11-2-4-12(21)5-3-11/h2-5,8-9,16-19,23-24,26-27H,6-7H2,1H3. The molecule has 0 bridgehead atoms. The number of aliphatic hydroxyl groups excluding tert-OH is 1. The van der Waals surface area contributed by atoms with Crippen LogP contribution in [-0.4, -0.2) is 40.2 Å². The van der Waals surface area contributed by atoms with Crippen LogP contribution in [0.3, 0.4) is 0 Å². The first-order valence-corrected chi connectivity index (χ1v) is 9.85. The number of phenolic OH excluding ortho intramolecular Hbond substituents is 1. The van der Waals surface area contributed by atoms with E-state index in [1.807, 2.05) is 19.1 Å². The molecule has 4 atom stereocenters. The Hall–Kier alpha value is -1.83. The first-order chi connectivity index (χ1) is 13.4. The molecule has 0 aromatic heterocycles. The first-order valence-electron chi connectivity index (χ1n) is 9.09. The van der Waals surface area contributed by atoms with Gasteiger partial charge in [0, 0.05) is 28.1 Å². The Kier molecular flexibility index (Phi) is 5.24. The van der Waals surface area contributed by atoms with Gasteiger partial charge in [0.25, 0.3) is 0 Å². The predicted octanol–water partition coefficient (Wildman–Crippen LogP) is 2.72. The van der Waals surface area contributed by atoms with Crippen molar-refractivity contribution < 1.29 is 15.0 Å². The number of hydrogen-bond acceptors (Lipinski definition) is 5. The number of hydrogen-bond donors (Lipinski definition) is 4. The maximum Gasteiger partial charge on any atom is 0.242 e. The number of rotatable bonds is 4. The predicted molar refractivity (Wildman–Crippen MR) is 107 cm³/mol. The summed E-state index contributed by atoms with van der Waals surface area (Å²) in [7, 11) is 0. The number of halogens is 2. The van der Waals surface area contributed by atoms with Crippen molar-refractivity contribution in [3.05, 3.63) is 63.1 Å². The van der Waals surface area contributed by atoms with E-state index >= 15 is 0 Å². The van der Waals surface area contributed by atoms with Crippen LogP contribution in [0.15, 0.2) is 36.4 Å². The highest BCUT2D eigenvalue weighted by Crippen LogP contribution is 2.49.